The van der Waals surface area contributed by atoms with E-state index in [2.05, 4.69) is 33.0 Å². The number of anilines is 2. The molecule has 4 rings (SSSR count). The largest absolute Gasteiger partial charge is 0.399 e. The maximum absolute atomic E-state index is 6.16. The Hall–Kier alpha value is -2.46. The molecule has 5 N–H and O–H groups in total. The third-order valence-corrected chi connectivity index (χ3v) is 5.17. The molecule has 0 bridgehead atoms. The summed E-state index contributed by atoms with van der Waals surface area (Å²) < 4.78 is 0. The molecule has 0 aliphatic heterocycles. The smallest absolute Gasteiger partial charge is 0.0665 e. The van der Waals surface area contributed by atoms with Gasteiger partial charge in [0.15, 0.2) is 0 Å². The number of H-pyrrole nitrogens is 1. The standard InChI is InChI=1S/C19H16BrN3/c20-18(11-4-2-1-3-5-11)16-10-13(22)9-15-14-8-12(21)6-7-17(14)23-19(15)16/h1-10,18,23H,21-22H2. The van der Waals surface area contributed by atoms with E-state index >= 15 is 0 Å². The van der Waals surface area contributed by atoms with Crippen LogP contribution in [0.4, 0.5) is 11.4 Å². The van der Waals surface area contributed by atoms with Gasteiger partial charge in [0.05, 0.1) is 10.3 Å². The monoisotopic (exact) mass is 365 g/mol. The van der Waals surface area contributed by atoms with Gasteiger partial charge in [-0.1, -0.05) is 46.3 Å². The number of nitrogens with one attached hydrogen (secondary N) is 1. The zero-order valence-corrected chi connectivity index (χ0v) is 14.0. The van der Waals surface area contributed by atoms with E-state index < -0.39 is 0 Å². The zero-order valence-electron chi connectivity index (χ0n) is 12.4. The van der Waals surface area contributed by atoms with Crippen LogP contribution in [0.15, 0.2) is 60.7 Å². The highest BCUT2D eigenvalue weighted by Gasteiger charge is 2.17. The fourth-order valence-corrected chi connectivity index (χ4v) is 3.74. The second-order valence-electron chi connectivity index (χ2n) is 5.74. The molecule has 0 aliphatic carbocycles. The van der Waals surface area contributed by atoms with Crippen molar-refractivity contribution in [3.05, 3.63) is 71.8 Å². The summed E-state index contributed by atoms with van der Waals surface area (Å²) in [6.45, 7) is 0. The van der Waals surface area contributed by atoms with E-state index in [0.717, 1.165) is 38.7 Å². The fourth-order valence-electron chi connectivity index (χ4n) is 3.07. The molecule has 0 aliphatic rings. The van der Waals surface area contributed by atoms with Gasteiger partial charge in [0.1, 0.15) is 0 Å². The van der Waals surface area contributed by atoms with Crippen LogP contribution in [-0.4, -0.2) is 4.98 Å². The van der Waals surface area contributed by atoms with Crippen LogP contribution in [0.5, 0.6) is 0 Å². The number of alkyl halides is 1. The Balaban J connectivity index is 2.01. The van der Waals surface area contributed by atoms with Crippen LogP contribution in [0.1, 0.15) is 16.0 Å². The fraction of sp³-hybridized carbons (Fsp3) is 0.0526. The molecule has 23 heavy (non-hydrogen) atoms. The Kier molecular flexibility index (Phi) is 3.27. The molecule has 0 spiro atoms. The van der Waals surface area contributed by atoms with Gasteiger partial charge in [-0.3, -0.25) is 0 Å². The quantitative estimate of drug-likeness (QED) is 0.346. The highest BCUT2D eigenvalue weighted by Crippen LogP contribution is 2.39. The molecule has 3 nitrogen and oxygen atoms in total. The molecule has 1 unspecified atom stereocenters. The number of fused-ring (bicyclic) bond motifs is 3. The third-order valence-electron chi connectivity index (χ3n) is 4.15. The van der Waals surface area contributed by atoms with E-state index in [4.69, 9.17) is 11.5 Å². The number of rotatable bonds is 2. The minimum absolute atomic E-state index is 0.0695. The van der Waals surface area contributed by atoms with Gasteiger partial charge in [0.25, 0.3) is 0 Å². The summed E-state index contributed by atoms with van der Waals surface area (Å²) in [4.78, 5) is 3.58. The molecular weight excluding hydrogens is 350 g/mol. The summed E-state index contributed by atoms with van der Waals surface area (Å²) in [6, 6.07) is 20.2. The van der Waals surface area contributed by atoms with Crippen molar-refractivity contribution < 1.29 is 0 Å². The number of nitrogens with two attached hydrogens (primary N) is 2. The molecule has 0 radical (unpaired) electrons. The molecule has 4 aromatic rings. The van der Waals surface area contributed by atoms with Gasteiger partial charge in [-0.25, -0.2) is 0 Å². The lowest BCUT2D eigenvalue weighted by Crippen LogP contribution is -1.96. The van der Waals surface area contributed by atoms with Crippen LogP contribution in [-0.2, 0) is 0 Å². The average molecular weight is 366 g/mol. The van der Waals surface area contributed by atoms with Gasteiger partial charge in [0.2, 0.25) is 0 Å². The SMILES string of the molecule is Nc1ccc2[nH]c3c(C(Br)c4ccccc4)cc(N)cc3c2c1. The van der Waals surface area contributed by atoms with Crippen molar-refractivity contribution in [2.24, 2.45) is 0 Å². The third kappa shape index (κ3) is 2.35. The lowest BCUT2D eigenvalue weighted by molar-refractivity contribution is 1.19. The topological polar surface area (TPSA) is 67.8 Å². The summed E-state index contributed by atoms with van der Waals surface area (Å²) in [6.07, 6.45) is 0. The molecule has 1 atom stereocenters. The van der Waals surface area contributed by atoms with Crippen molar-refractivity contribution in [3.63, 3.8) is 0 Å². The molecule has 0 saturated carbocycles. The van der Waals surface area contributed by atoms with Crippen molar-refractivity contribution in [1.29, 1.82) is 0 Å². The van der Waals surface area contributed by atoms with Crippen LogP contribution in [0.3, 0.4) is 0 Å². The van der Waals surface area contributed by atoms with E-state index in [-0.39, 0.29) is 4.83 Å². The van der Waals surface area contributed by atoms with Crippen LogP contribution in [0.25, 0.3) is 21.8 Å². The highest BCUT2D eigenvalue weighted by atomic mass is 79.9. The van der Waals surface area contributed by atoms with E-state index in [1.54, 1.807) is 0 Å². The van der Waals surface area contributed by atoms with Crippen LogP contribution >= 0.6 is 15.9 Å². The van der Waals surface area contributed by atoms with Gasteiger partial charge in [-0.15, -0.1) is 0 Å². The molecule has 0 saturated heterocycles. The summed E-state index contributed by atoms with van der Waals surface area (Å²) in [5, 5.41) is 2.20. The van der Waals surface area contributed by atoms with Crippen molar-refractivity contribution in [2.45, 2.75) is 4.83 Å². The number of halogens is 1. The number of benzene rings is 3. The van der Waals surface area contributed by atoms with Gasteiger partial charge >= 0.3 is 0 Å². The minimum atomic E-state index is 0.0695. The first-order chi connectivity index (χ1) is 11.1. The van der Waals surface area contributed by atoms with Gasteiger partial charge < -0.3 is 16.5 Å². The van der Waals surface area contributed by atoms with Crippen molar-refractivity contribution >= 4 is 49.1 Å². The average Bonchev–Trinajstić information content (AvgIpc) is 2.92. The second kappa shape index (κ2) is 5.32. The van der Waals surface area contributed by atoms with Gasteiger partial charge in [-0.05, 0) is 41.5 Å². The molecule has 114 valence electrons. The van der Waals surface area contributed by atoms with Crippen LogP contribution in [0.2, 0.25) is 0 Å². The Morgan fingerprint density at radius 2 is 1.57 bits per heavy atom. The molecule has 0 amide bonds. The first-order valence-corrected chi connectivity index (χ1v) is 8.34. The number of nitrogen functional groups attached to an aromatic ring is 2. The normalized spacial score (nSPS) is 12.7. The molecule has 4 heteroatoms. The van der Waals surface area contributed by atoms with Gasteiger partial charge in [-0.2, -0.15) is 0 Å². The van der Waals surface area contributed by atoms with Crippen molar-refractivity contribution in [1.82, 2.24) is 4.98 Å². The maximum Gasteiger partial charge on any atom is 0.0665 e. The second-order valence-corrected chi connectivity index (χ2v) is 6.65. The van der Waals surface area contributed by atoms with Crippen LogP contribution < -0.4 is 11.5 Å². The predicted octanol–water partition coefficient (Wildman–Crippen LogP) is 4.97. The minimum Gasteiger partial charge on any atom is -0.399 e. The molecular formula is C19H16BrN3. The Morgan fingerprint density at radius 3 is 2.35 bits per heavy atom. The lowest BCUT2D eigenvalue weighted by Gasteiger charge is -2.13. The summed E-state index contributed by atoms with van der Waals surface area (Å²) >= 11 is 3.82. The van der Waals surface area contributed by atoms with E-state index in [9.17, 15) is 0 Å². The maximum atomic E-state index is 6.16. The Labute approximate surface area is 142 Å². The number of hydrogen-bond acceptors (Lipinski definition) is 2. The number of aromatic amines is 1. The van der Waals surface area contributed by atoms with E-state index in [0.29, 0.717) is 0 Å². The van der Waals surface area contributed by atoms with Gasteiger partial charge in [0, 0.05) is 27.7 Å². The molecule has 3 aromatic carbocycles. The molecule has 1 heterocycles. The van der Waals surface area contributed by atoms with Crippen LogP contribution in [0, 0.1) is 0 Å². The van der Waals surface area contributed by atoms with E-state index in [1.165, 1.54) is 5.56 Å². The Morgan fingerprint density at radius 1 is 0.826 bits per heavy atom. The number of aromatic nitrogens is 1. The summed E-state index contributed by atoms with van der Waals surface area (Å²) in [7, 11) is 0. The number of hydrogen-bond donors (Lipinski definition) is 3. The molecule has 0 fully saturated rings. The predicted molar refractivity (Wildman–Crippen MR) is 102 cm³/mol. The summed E-state index contributed by atoms with van der Waals surface area (Å²) in [5.74, 6) is 0. The first kappa shape index (κ1) is 14.2. The Bertz CT molecular complexity index is 1010. The lowest BCUT2D eigenvalue weighted by atomic mass is 10.0. The summed E-state index contributed by atoms with van der Waals surface area (Å²) in [5.41, 5.74) is 18.1. The highest BCUT2D eigenvalue weighted by molar-refractivity contribution is 9.09. The zero-order chi connectivity index (χ0) is 16.0. The van der Waals surface area contributed by atoms with Crippen molar-refractivity contribution in [2.75, 3.05) is 11.5 Å². The van der Waals surface area contributed by atoms with E-state index in [1.807, 2.05) is 48.5 Å². The first-order valence-electron chi connectivity index (χ1n) is 7.43. The molecule has 1 aromatic heterocycles. The van der Waals surface area contributed by atoms with Crippen molar-refractivity contribution in [3.8, 4) is 0 Å².